The second kappa shape index (κ2) is 6.49. The summed E-state index contributed by atoms with van der Waals surface area (Å²) in [5.74, 6) is 1.60. The van der Waals surface area contributed by atoms with Crippen molar-refractivity contribution < 1.29 is 9.47 Å². The number of nitriles is 1. The first kappa shape index (κ1) is 18.5. The first-order chi connectivity index (χ1) is 14.4. The van der Waals surface area contributed by atoms with Crippen LogP contribution in [0.15, 0.2) is 30.5 Å². The van der Waals surface area contributed by atoms with Crippen LogP contribution in [0.25, 0.3) is 11.1 Å². The van der Waals surface area contributed by atoms with Crippen LogP contribution in [-0.4, -0.2) is 20.4 Å². The van der Waals surface area contributed by atoms with Gasteiger partial charge in [0.2, 0.25) is 0 Å². The van der Waals surface area contributed by atoms with Crippen molar-refractivity contribution in [2.75, 3.05) is 5.73 Å². The van der Waals surface area contributed by atoms with Crippen LogP contribution < -0.4 is 15.2 Å². The molecule has 1 aliphatic heterocycles. The molecule has 7 nitrogen and oxygen atoms in total. The second-order valence-corrected chi connectivity index (χ2v) is 8.28. The number of ether oxygens (including phenoxy) is 2. The standard InChI is InChI=1S/C23H23N5O2/c1-13-4-5-19-16(8-13)14(2)29-20-9-15(12-26-22(20)25)21-17(10-23(30-19)6-7-23)27-28(3)18(21)11-24/h4-5,8-9,12,14H,6-7,10H2,1-3H3,(H2,25,26)/t14-/m1/s1. The number of nitrogens with two attached hydrogens (primary N) is 1. The third kappa shape index (κ3) is 2.96. The van der Waals surface area contributed by atoms with Gasteiger partial charge in [0.15, 0.2) is 11.6 Å². The van der Waals surface area contributed by atoms with E-state index in [2.05, 4.69) is 29.1 Å². The summed E-state index contributed by atoms with van der Waals surface area (Å²) in [6, 6.07) is 10.3. The normalized spacial score (nSPS) is 18.7. The first-order valence-corrected chi connectivity index (χ1v) is 10.1. The molecule has 1 fully saturated rings. The molecule has 2 N–H and O–H groups in total. The molecular formula is C23H23N5O2. The molecule has 1 aliphatic carbocycles. The lowest BCUT2D eigenvalue weighted by Gasteiger charge is -2.25. The SMILES string of the molecule is Cc1ccc2c(c1)[C@@H](C)Oc1cc(cnc1N)-c1c(nn(C)c1C#N)CC1(CC1)O2. The van der Waals surface area contributed by atoms with Gasteiger partial charge in [-0.05, 0) is 44.9 Å². The number of benzene rings is 1. The Kier molecular flexibility index (Phi) is 4.00. The van der Waals surface area contributed by atoms with E-state index in [1.165, 1.54) is 0 Å². The zero-order valence-electron chi connectivity index (χ0n) is 17.3. The molecule has 5 rings (SSSR count). The van der Waals surface area contributed by atoms with E-state index in [4.69, 9.17) is 15.2 Å². The van der Waals surface area contributed by atoms with Crippen molar-refractivity contribution >= 4 is 5.82 Å². The molecule has 2 aromatic heterocycles. The number of aromatic nitrogens is 3. The van der Waals surface area contributed by atoms with Crippen molar-refractivity contribution in [2.45, 2.75) is 44.8 Å². The van der Waals surface area contributed by atoms with E-state index in [-0.39, 0.29) is 11.7 Å². The van der Waals surface area contributed by atoms with Crippen LogP contribution in [-0.2, 0) is 13.5 Å². The molecular weight excluding hydrogens is 378 g/mol. The van der Waals surface area contributed by atoms with Crippen LogP contribution in [0.3, 0.4) is 0 Å². The monoisotopic (exact) mass is 401 g/mol. The summed E-state index contributed by atoms with van der Waals surface area (Å²) < 4.78 is 14.4. The van der Waals surface area contributed by atoms with Crippen molar-refractivity contribution in [3.05, 3.63) is 53.0 Å². The minimum atomic E-state index is -0.317. The number of pyridine rings is 1. The van der Waals surface area contributed by atoms with Crippen molar-refractivity contribution in [3.63, 3.8) is 0 Å². The molecule has 2 aliphatic rings. The van der Waals surface area contributed by atoms with E-state index < -0.39 is 0 Å². The molecule has 2 bridgehead atoms. The van der Waals surface area contributed by atoms with Gasteiger partial charge in [0.1, 0.15) is 29.2 Å². The van der Waals surface area contributed by atoms with Crippen molar-refractivity contribution in [3.8, 4) is 28.7 Å². The van der Waals surface area contributed by atoms with Crippen LogP contribution in [0.4, 0.5) is 5.82 Å². The Labute approximate surface area is 175 Å². The smallest absolute Gasteiger partial charge is 0.166 e. The zero-order chi connectivity index (χ0) is 21.0. The minimum Gasteiger partial charge on any atom is -0.486 e. The van der Waals surface area contributed by atoms with E-state index >= 15 is 0 Å². The molecule has 1 atom stereocenters. The predicted octanol–water partition coefficient (Wildman–Crippen LogP) is 3.85. The lowest BCUT2D eigenvalue weighted by molar-refractivity contribution is 0.164. The molecule has 3 aromatic rings. The Balaban J connectivity index is 1.74. The van der Waals surface area contributed by atoms with Gasteiger partial charge in [0.25, 0.3) is 0 Å². The summed E-state index contributed by atoms with van der Waals surface area (Å²) in [4.78, 5) is 4.35. The van der Waals surface area contributed by atoms with Gasteiger partial charge in [-0.25, -0.2) is 4.98 Å². The van der Waals surface area contributed by atoms with Gasteiger partial charge in [-0.3, -0.25) is 4.68 Å². The number of rotatable bonds is 0. The van der Waals surface area contributed by atoms with Crippen LogP contribution >= 0.6 is 0 Å². The number of anilines is 1. The highest BCUT2D eigenvalue weighted by Gasteiger charge is 2.47. The van der Waals surface area contributed by atoms with E-state index in [0.29, 0.717) is 23.7 Å². The Hall–Kier alpha value is -3.53. The van der Waals surface area contributed by atoms with Crippen molar-refractivity contribution in [1.82, 2.24) is 14.8 Å². The fourth-order valence-electron chi connectivity index (χ4n) is 4.15. The number of hydrogen-bond acceptors (Lipinski definition) is 6. The maximum atomic E-state index is 9.76. The summed E-state index contributed by atoms with van der Waals surface area (Å²) in [5, 5.41) is 14.4. The number of nitrogens with zero attached hydrogens (tertiary/aromatic N) is 4. The molecule has 7 heteroatoms. The highest BCUT2D eigenvalue weighted by Crippen LogP contribution is 2.47. The van der Waals surface area contributed by atoms with E-state index in [1.54, 1.807) is 17.9 Å². The van der Waals surface area contributed by atoms with Crippen LogP contribution in [0.2, 0.25) is 0 Å². The summed E-state index contributed by atoms with van der Waals surface area (Å²) in [6.45, 7) is 4.03. The Morgan fingerprint density at radius 1 is 1.27 bits per heavy atom. The topological polar surface area (TPSA) is 99.0 Å². The van der Waals surface area contributed by atoms with Gasteiger partial charge >= 0.3 is 0 Å². The molecule has 3 heterocycles. The molecule has 0 radical (unpaired) electrons. The molecule has 0 unspecified atom stereocenters. The quantitative estimate of drug-likeness (QED) is 0.614. The van der Waals surface area contributed by atoms with Gasteiger partial charge in [-0.1, -0.05) is 11.6 Å². The summed E-state index contributed by atoms with van der Waals surface area (Å²) in [6.07, 6.45) is 3.91. The zero-order valence-corrected chi connectivity index (χ0v) is 17.3. The molecule has 0 amide bonds. The van der Waals surface area contributed by atoms with Gasteiger partial charge < -0.3 is 15.2 Å². The van der Waals surface area contributed by atoms with Gasteiger partial charge in [0, 0.05) is 36.4 Å². The molecule has 1 saturated carbocycles. The fraction of sp³-hybridized carbons (Fsp3) is 0.348. The van der Waals surface area contributed by atoms with Gasteiger partial charge in [0.05, 0.1) is 5.69 Å². The number of aryl methyl sites for hydroxylation is 2. The Bertz CT molecular complexity index is 1200. The third-order valence-electron chi connectivity index (χ3n) is 5.93. The number of fused-ring (bicyclic) bond motifs is 5. The van der Waals surface area contributed by atoms with Crippen LogP contribution in [0.5, 0.6) is 11.5 Å². The molecule has 1 aromatic carbocycles. The molecule has 1 spiro atoms. The number of hydrogen-bond donors (Lipinski definition) is 1. The summed E-state index contributed by atoms with van der Waals surface area (Å²) in [7, 11) is 1.78. The third-order valence-corrected chi connectivity index (χ3v) is 5.93. The van der Waals surface area contributed by atoms with Crippen molar-refractivity contribution in [1.29, 1.82) is 5.26 Å². The van der Waals surface area contributed by atoms with Crippen LogP contribution in [0, 0.1) is 18.3 Å². The lowest BCUT2D eigenvalue weighted by atomic mass is 9.99. The average Bonchev–Trinajstić information content (AvgIpc) is 3.39. The predicted molar refractivity (Wildman–Crippen MR) is 112 cm³/mol. The van der Waals surface area contributed by atoms with E-state index in [1.807, 2.05) is 25.1 Å². The fourth-order valence-corrected chi connectivity index (χ4v) is 4.15. The summed E-state index contributed by atoms with van der Waals surface area (Å²) >= 11 is 0. The lowest BCUT2D eigenvalue weighted by Crippen LogP contribution is -2.23. The first-order valence-electron chi connectivity index (χ1n) is 10.1. The Morgan fingerprint density at radius 3 is 2.80 bits per heavy atom. The maximum Gasteiger partial charge on any atom is 0.166 e. The van der Waals surface area contributed by atoms with Crippen LogP contribution in [0.1, 0.15) is 48.4 Å². The van der Waals surface area contributed by atoms with E-state index in [9.17, 15) is 5.26 Å². The number of nitrogen functional groups attached to an aromatic ring is 1. The van der Waals surface area contributed by atoms with Crippen molar-refractivity contribution in [2.24, 2.45) is 7.05 Å². The highest BCUT2D eigenvalue weighted by molar-refractivity contribution is 5.74. The summed E-state index contributed by atoms with van der Waals surface area (Å²) in [5.41, 5.74) is 10.8. The maximum absolute atomic E-state index is 9.76. The van der Waals surface area contributed by atoms with Gasteiger partial charge in [-0.2, -0.15) is 10.4 Å². The van der Waals surface area contributed by atoms with E-state index in [0.717, 1.165) is 46.5 Å². The highest BCUT2D eigenvalue weighted by atomic mass is 16.5. The molecule has 30 heavy (non-hydrogen) atoms. The second-order valence-electron chi connectivity index (χ2n) is 8.28. The largest absolute Gasteiger partial charge is 0.486 e. The molecule has 152 valence electrons. The average molecular weight is 401 g/mol. The molecule has 0 saturated heterocycles. The minimum absolute atomic E-state index is 0.279. The Morgan fingerprint density at radius 2 is 2.07 bits per heavy atom. The van der Waals surface area contributed by atoms with Gasteiger partial charge in [-0.15, -0.1) is 0 Å².